The van der Waals surface area contributed by atoms with Crippen molar-refractivity contribution < 1.29 is 45.7 Å². The Balaban J connectivity index is 0.000000239. The lowest BCUT2D eigenvalue weighted by Gasteiger charge is -2.31. The maximum Gasteiger partial charge on any atom is 0.416 e. The van der Waals surface area contributed by atoms with Gasteiger partial charge < -0.3 is 15.0 Å². The Bertz CT molecular complexity index is 1350. The number of rotatable bonds is 2. The zero-order chi connectivity index (χ0) is 30.9. The van der Waals surface area contributed by atoms with Gasteiger partial charge in [0.1, 0.15) is 5.60 Å². The number of benzene rings is 2. The van der Waals surface area contributed by atoms with E-state index in [2.05, 4.69) is 5.32 Å². The number of nitro groups is 2. The minimum absolute atomic E-state index is 0.100. The maximum atomic E-state index is 13.0. The number of ether oxygens (including phenoxy) is 1. The molecule has 1 amide bonds. The number of halogens is 6. The van der Waals surface area contributed by atoms with Crippen molar-refractivity contribution >= 4 is 17.5 Å². The van der Waals surface area contributed by atoms with Crippen LogP contribution in [-0.2, 0) is 43.0 Å². The smallest absolute Gasteiger partial charge is 0.416 e. The predicted molar refractivity (Wildman–Crippen MR) is 132 cm³/mol. The van der Waals surface area contributed by atoms with Crippen LogP contribution in [0.5, 0.6) is 0 Å². The van der Waals surface area contributed by atoms with E-state index >= 15 is 0 Å². The molecule has 1 N–H and O–H groups in total. The first-order chi connectivity index (χ1) is 18.8. The Kier molecular flexibility index (Phi) is 8.86. The molecule has 224 valence electrons. The maximum absolute atomic E-state index is 13.0. The second kappa shape index (κ2) is 11.5. The summed E-state index contributed by atoms with van der Waals surface area (Å²) >= 11 is 0. The summed E-state index contributed by atoms with van der Waals surface area (Å²) in [5, 5.41) is 24.8. The van der Waals surface area contributed by atoms with Crippen LogP contribution in [0.1, 0.15) is 54.2 Å². The highest BCUT2D eigenvalue weighted by Gasteiger charge is 2.37. The van der Waals surface area contributed by atoms with Crippen molar-refractivity contribution in [3.05, 3.63) is 77.9 Å². The number of carbonyl (C=O) groups excluding carboxylic acids is 1. The number of nitro benzene ring substituents is 2. The molecule has 2 aliphatic rings. The number of amides is 1. The molecule has 16 heteroatoms. The van der Waals surface area contributed by atoms with Gasteiger partial charge in [-0.2, -0.15) is 26.3 Å². The van der Waals surface area contributed by atoms with Gasteiger partial charge in [0.05, 0.1) is 21.0 Å². The standard InChI is InChI=1S/C15H17F3N2O4.C10H9F3N2O2/c1-14(2,3)24-13(21)19-5-4-11-9(8-19)6-10(15(16,17)18)7-12(11)20(22)23;11-10(12,13)7-3-6-5-14-2-1-8(6)9(4-7)15(16)17/h6-7H,4-5,8H2,1-3H3;3-4,14H,1-2,5H2. The lowest BCUT2D eigenvalue weighted by Crippen LogP contribution is -2.40. The Morgan fingerprint density at radius 2 is 1.34 bits per heavy atom. The van der Waals surface area contributed by atoms with Gasteiger partial charge in [-0.05, 0) is 63.4 Å². The van der Waals surface area contributed by atoms with Gasteiger partial charge in [-0.3, -0.25) is 20.2 Å². The van der Waals surface area contributed by atoms with Crippen molar-refractivity contribution in [3.63, 3.8) is 0 Å². The van der Waals surface area contributed by atoms with Crippen molar-refractivity contribution in [3.8, 4) is 0 Å². The van der Waals surface area contributed by atoms with Crippen LogP contribution >= 0.6 is 0 Å². The molecule has 0 unspecified atom stereocenters. The van der Waals surface area contributed by atoms with E-state index in [-0.39, 0.29) is 37.2 Å². The zero-order valence-corrected chi connectivity index (χ0v) is 22.1. The van der Waals surface area contributed by atoms with Crippen molar-refractivity contribution in [2.24, 2.45) is 0 Å². The minimum atomic E-state index is -4.70. The van der Waals surface area contributed by atoms with Crippen LogP contribution < -0.4 is 5.32 Å². The Hall–Kier alpha value is -3.95. The summed E-state index contributed by atoms with van der Waals surface area (Å²) in [6.45, 7) is 5.79. The van der Waals surface area contributed by atoms with Crippen molar-refractivity contribution in [2.75, 3.05) is 13.1 Å². The highest BCUT2D eigenvalue weighted by molar-refractivity contribution is 5.69. The average Bonchev–Trinajstić information content (AvgIpc) is 2.85. The van der Waals surface area contributed by atoms with E-state index in [9.17, 15) is 51.4 Å². The largest absolute Gasteiger partial charge is 0.444 e. The fraction of sp³-hybridized carbons (Fsp3) is 0.480. The topological polar surface area (TPSA) is 128 Å². The molecular weight excluding hydrogens is 566 g/mol. The third-order valence-electron chi connectivity index (χ3n) is 6.20. The number of carbonyl (C=O) groups is 1. The third kappa shape index (κ3) is 7.83. The molecule has 0 saturated heterocycles. The van der Waals surface area contributed by atoms with Crippen molar-refractivity contribution in [2.45, 2.75) is 64.7 Å². The van der Waals surface area contributed by atoms with Crippen LogP contribution in [-0.4, -0.2) is 39.5 Å². The van der Waals surface area contributed by atoms with E-state index in [0.29, 0.717) is 36.2 Å². The van der Waals surface area contributed by atoms with Gasteiger partial charge in [-0.25, -0.2) is 4.79 Å². The summed E-state index contributed by atoms with van der Waals surface area (Å²) in [4.78, 5) is 33.6. The van der Waals surface area contributed by atoms with Crippen molar-refractivity contribution in [1.29, 1.82) is 0 Å². The van der Waals surface area contributed by atoms with Gasteiger partial charge in [0.2, 0.25) is 0 Å². The van der Waals surface area contributed by atoms with Crippen LogP contribution in [0, 0.1) is 20.2 Å². The van der Waals surface area contributed by atoms with Gasteiger partial charge in [-0.15, -0.1) is 0 Å². The Morgan fingerprint density at radius 1 is 0.854 bits per heavy atom. The molecule has 41 heavy (non-hydrogen) atoms. The van der Waals surface area contributed by atoms with Crippen LogP contribution in [0.4, 0.5) is 42.5 Å². The monoisotopic (exact) mass is 592 g/mol. The summed E-state index contributed by atoms with van der Waals surface area (Å²) in [5.74, 6) is 0. The van der Waals surface area contributed by atoms with E-state index in [4.69, 9.17) is 4.74 Å². The molecule has 0 atom stereocenters. The first-order valence-corrected chi connectivity index (χ1v) is 12.2. The summed E-state index contributed by atoms with van der Waals surface area (Å²) in [6.07, 6.45) is -9.44. The molecule has 2 aromatic carbocycles. The van der Waals surface area contributed by atoms with E-state index in [1.54, 1.807) is 20.8 Å². The lowest BCUT2D eigenvalue weighted by molar-refractivity contribution is -0.386. The van der Waals surface area contributed by atoms with Gasteiger partial charge in [0.25, 0.3) is 11.4 Å². The van der Waals surface area contributed by atoms with E-state index in [1.165, 1.54) is 4.90 Å². The first-order valence-electron chi connectivity index (χ1n) is 12.2. The van der Waals surface area contributed by atoms with Crippen LogP contribution in [0.2, 0.25) is 0 Å². The molecule has 0 spiro atoms. The molecule has 2 aromatic rings. The highest BCUT2D eigenvalue weighted by atomic mass is 19.4. The van der Waals surface area contributed by atoms with Gasteiger partial charge in [0, 0.05) is 42.9 Å². The Morgan fingerprint density at radius 3 is 1.80 bits per heavy atom. The van der Waals surface area contributed by atoms with Gasteiger partial charge >= 0.3 is 18.4 Å². The summed E-state index contributed by atoms with van der Waals surface area (Å²) in [7, 11) is 0. The van der Waals surface area contributed by atoms with Crippen LogP contribution in [0.3, 0.4) is 0 Å². The molecule has 2 aliphatic heterocycles. The van der Waals surface area contributed by atoms with Gasteiger partial charge in [0.15, 0.2) is 0 Å². The summed E-state index contributed by atoms with van der Waals surface area (Å²) in [5.41, 5.74) is -2.69. The molecule has 0 saturated carbocycles. The normalized spacial score (nSPS) is 15.2. The number of nitrogens with one attached hydrogen (secondary N) is 1. The number of fused-ring (bicyclic) bond motifs is 2. The SMILES string of the molecule is CC(C)(C)OC(=O)N1CCc2c(cc(C(F)(F)F)cc2[N+](=O)[O-])C1.O=[N+]([O-])c1cc(C(F)(F)F)cc2c1CCNC2. The van der Waals surface area contributed by atoms with Crippen LogP contribution in [0.25, 0.3) is 0 Å². The van der Waals surface area contributed by atoms with Gasteiger partial charge in [-0.1, -0.05) is 0 Å². The fourth-order valence-corrected chi connectivity index (χ4v) is 4.41. The first kappa shape index (κ1) is 31.6. The lowest BCUT2D eigenvalue weighted by atomic mass is 9.95. The fourth-order valence-electron chi connectivity index (χ4n) is 4.41. The molecule has 2 heterocycles. The molecule has 0 fully saturated rings. The molecule has 4 rings (SSSR count). The second-order valence-electron chi connectivity index (χ2n) is 10.4. The Labute approximate surface area is 229 Å². The molecule has 0 aliphatic carbocycles. The molecule has 0 radical (unpaired) electrons. The third-order valence-corrected chi connectivity index (χ3v) is 6.20. The minimum Gasteiger partial charge on any atom is -0.444 e. The van der Waals surface area contributed by atoms with E-state index < -0.39 is 56.4 Å². The number of hydrogen-bond acceptors (Lipinski definition) is 7. The highest BCUT2D eigenvalue weighted by Crippen LogP contribution is 2.38. The zero-order valence-electron chi connectivity index (χ0n) is 22.1. The second-order valence-corrected chi connectivity index (χ2v) is 10.4. The molecular formula is C25H26F6N4O6. The number of alkyl halides is 6. The molecule has 0 bridgehead atoms. The average molecular weight is 592 g/mol. The molecule has 10 nitrogen and oxygen atoms in total. The summed E-state index contributed by atoms with van der Waals surface area (Å²) in [6, 6.07) is 3.00. The van der Waals surface area contributed by atoms with E-state index in [0.717, 1.165) is 12.1 Å². The number of nitrogens with zero attached hydrogens (tertiary/aromatic N) is 3. The predicted octanol–water partition coefficient (Wildman–Crippen LogP) is 6.17. The molecule has 0 aromatic heterocycles. The van der Waals surface area contributed by atoms with E-state index in [1.807, 2.05) is 0 Å². The quantitative estimate of drug-likeness (QED) is 0.251. The number of hydrogen-bond donors (Lipinski definition) is 1. The summed E-state index contributed by atoms with van der Waals surface area (Å²) < 4.78 is 81.7. The van der Waals surface area contributed by atoms with Crippen LogP contribution in [0.15, 0.2) is 24.3 Å². The van der Waals surface area contributed by atoms with Crippen molar-refractivity contribution in [1.82, 2.24) is 10.2 Å².